The van der Waals surface area contributed by atoms with Gasteiger partial charge in [0.2, 0.25) is 0 Å². The average Bonchev–Trinajstić information content (AvgIpc) is 3.20. The number of halogens is 1. The summed E-state index contributed by atoms with van der Waals surface area (Å²) in [6.07, 6.45) is 3.11. The van der Waals surface area contributed by atoms with Crippen LogP contribution in [0.3, 0.4) is 0 Å². The van der Waals surface area contributed by atoms with E-state index in [1.54, 1.807) is 10.9 Å². The summed E-state index contributed by atoms with van der Waals surface area (Å²) in [6.45, 7) is 2.29. The Morgan fingerprint density at radius 3 is 2.92 bits per heavy atom. The fraction of sp³-hybridized carbons (Fsp3) is 0.176. The van der Waals surface area contributed by atoms with Crippen LogP contribution in [0.2, 0.25) is 5.02 Å². The maximum atomic E-state index is 12.6. The van der Waals surface area contributed by atoms with Crippen LogP contribution in [0.15, 0.2) is 42.0 Å². The summed E-state index contributed by atoms with van der Waals surface area (Å²) in [5, 5.41) is 16.5. The summed E-state index contributed by atoms with van der Waals surface area (Å²) in [5.41, 5.74) is 2.10. The van der Waals surface area contributed by atoms with E-state index in [-0.39, 0.29) is 5.78 Å². The van der Waals surface area contributed by atoms with Crippen molar-refractivity contribution in [3.63, 3.8) is 0 Å². The van der Waals surface area contributed by atoms with Gasteiger partial charge < -0.3 is 0 Å². The number of hydrogen-bond donors (Lipinski definition) is 0. The number of nitrogens with zero attached hydrogens (tertiary/aromatic N) is 4. The third-order valence-electron chi connectivity index (χ3n) is 3.48. The summed E-state index contributed by atoms with van der Waals surface area (Å²) in [4.78, 5) is 16.8. The topological polar surface area (TPSA) is 71.6 Å². The van der Waals surface area contributed by atoms with Crippen molar-refractivity contribution >= 4 is 28.7 Å². The first-order valence-corrected chi connectivity index (χ1v) is 8.46. The second-order valence-corrected chi connectivity index (χ2v) is 6.57. The minimum atomic E-state index is -0.901. The predicted octanol–water partition coefficient (Wildman–Crippen LogP) is 3.84. The number of carbonyl (C=O) groups is 1. The predicted molar refractivity (Wildman–Crippen MR) is 92.3 cm³/mol. The molecule has 2 heterocycles. The molecule has 0 aliphatic heterocycles. The summed E-state index contributed by atoms with van der Waals surface area (Å²) in [6, 6.07) is 9.51. The van der Waals surface area contributed by atoms with Crippen molar-refractivity contribution in [2.24, 2.45) is 0 Å². The van der Waals surface area contributed by atoms with Gasteiger partial charge in [0.1, 0.15) is 5.01 Å². The van der Waals surface area contributed by atoms with Crippen LogP contribution in [0.5, 0.6) is 0 Å². The lowest BCUT2D eigenvalue weighted by Gasteiger charge is -2.04. The van der Waals surface area contributed by atoms with Gasteiger partial charge in [-0.2, -0.15) is 10.4 Å². The van der Waals surface area contributed by atoms with Gasteiger partial charge in [0, 0.05) is 22.3 Å². The Labute approximate surface area is 148 Å². The van der Waals surface area contributed by atoms with Crippen molar-refractivity contribution in [3.8, 4) is 6.07 Å². The zero-order valence-corrected chi connectivity index (χ0v) is 14.4. The van der Waals surface area contributed by atoms with Crippen molar-refractivity contribution in [1.29, 1.82) is 5.26 Å². The highest BCUT2D eigenvalue weighted by Crippen LogP contribution is 2.24. The second kappa shape index (κ2) is 6.95. The van der Waals surface area contributed by atoms with E-state index in [9.17, 15) is 10.1 Å². The zero-order chi connectivity index (χ0) is 17.1. The molecule has 2 aromatic heterocycles. The molecule has 5 nitrogen and oxygen atoms in total. The van der Waals surface area contributed by atoms with E-state index in [2.05, 4.69) is 10.1 Å². The van der Waals surface area contributed by atoms with Gasteiger partial charge in [-0.25, -0.2) is 4.98 Å². The Kier molecular flexibility index (Phi) is 4.74. The molecule has 0 saturated heterocycles. The lowest BCUT2D eigenvalue weighted by atomic mass is 10.0. The lowest BCUT2D eigenvalue weighted by molar-refractivity contribution is 0.0978. The second-order valence-electron chi connectivity index (χ2n) is 5.27. The minimum Gasteiger partial charge on any atom is -0.292 e. The molecule has 1 atom stereocenters. The Bertz CT molecular complexity index is 925. The molecular weight excluding hydrogens is 344 g/mol. The number of carbonyl (C=O) groups excluding carboxylic acids is 1. The van der Waals surface area contributed by atoms with Gasteiger partial charge in [0.15, 0.2) is 11.7 Å². The van der Waals surface area contributed by atoms with Crippen LogP contribution in [0, 0.1) is 18.3 Å². The number of aromatic nitrogens is 3. The van der Waals surface area contributed by atoms with Crippen molar-refractivity contribution in [2.45, 2.75) is 19.4 Å². The van der Waals surface area contributed by atoms with E-state index in [0.717, 1.165) is 11.3 Å². The molecule has 0 fully saturated rings. The van der Waals surface area contributed by atoms with Gasteiger partial charge in [-0.3, -0.25) is 9.48 Å². The molecule has 0 aliphatic carbocycles. The Morgan fingerprint density at radius 2 is 2.25 bits per heavy atom. The average molecular weight is 357 g/mol. The molecule has 3 aromatic rings. The Hall–Kier alpha value is -2.49. The number of Topliss-reactive ketones (excluding diaryl/α,β-unsaturated/α-hetero) is 1. The maximum absolute atomic E-state index is 12.6. The quantitative estimate of drug-likeness (QED) is 0.651. The van der Waals surface area contributed by atoms with Crippen molar-refractivity contribution < 1.29 is 4.79 Å². The molecule has 0 N–H and O–H groups in total. The molecule has 0 radical (unpaired) electrons. The fourth-order valence-corrected chi connectivity index (χ4v) is 3.31. The van der Waals surface area contributed by atoms with E-state index in [0.29, 0.717) is 22.1 Å². The van der Waals surface area contributed by atoms with Gasteiger partial charge in [-0.15, -0.1) is 11.3 Å². The highest BCUT2D eigenvalue weighted by atomic mass is 35.5. The zero-order valence-electron chi connectivity index (χ0n) is 12.8. The number of benzene rings is 1. The van der Waals surface area contributed by atoms with Crippen LogP contribution < -0.4 is 0 Å². The highest BCUT2D eigenvalue weighted by molar-refractivity contribution is 7.10. The molecule has 0 bridgehead atoms. The molecular formula is C17H13ClN4OS. The molecule has 0 unspecified atom stereocenters. The normalized spacial score (nSPS) is 11.9. The smallest absolute Gasteiger partial charge is 0.190 e. The minimum absolute atomic E-state index is 0.294. The van der Waals surface area contributed by atoms with Crippen molar-refractivity contribution in [1.82, 2.24) is 14.8 Å². The van der Waals surface area contributed by atoms with Gasteiger partial charge in [0.05, 0.1) is 24.4 Å². The standard InChI is InChI=1S/C17H13ClN4OS/c1-11-10-24-17(21-11)14(6-19)16(23)13-7-20-22(9-13)8-12-4-2-3-5-15(12)18/h2-5,7,9-10,14H,8H2,1H3/t14-/m0/s1. The number of hydrogen-bond acceptors (Lipinski definition) is 5. The maximum Gasteiger partial charge on any atom is 0.190 e. The van der Waals surface area contributed by atoms with Crippen LogP contribution >= 0.6 is 22.9 Å². The van der Waals surface area contributed by atoms with Crippen LogP contribution in [0.4, 0.5) is 0 Å². The van der Waals surface area contributed by atoms with Crippen molar-refractivity contribution in [3.05, 3.63) is 68.9 Å². The Balaban J connectivity index is 1.81. The third-order valence-corrected chi connectivity index (χ3v) is 4.88. The largest absolute Gasteiger partial charge is 0.292 e. The number of aryl methyl sites for hydroxylation is 1. The number of ketones is 1. The van der Waals surface area contributed by atoms with Gasteiger partial charge in [-0.05, 0) is 18.6 Å². The van der Waals surface area contributed by atoms with E-state index in [4.69, 9.17) is 11.6 Å². The Morgan fingerprint density at radius 1 is 1.46 bits per heavy atom. The summed E-state index contributed by atoms with van der Waals surface area (Å²) in [5.74, 6) is -1.20. The molecule has 0 spiro atoms. The molecule has 7 heteroatoms. The summed E-state index contributed by atoms with van der Waals surface area (Å²) < 4.78 is 1.63. The number of nitriles is 1. The SMILES string of the molecule is Cc1csc([C@@H](C#N)C(=O)c2cnn(Cc3ccccc3Cl)c2)n1. The van der Waals surface area contributed by atoms with Crippen LogP contribution in [0.1, 0.15) is 32.5 Å². The van der Waals surface area contributed by atoms with E-state index >= 15 is 0 Å². The number of thiazole rings is 1. The highest BCUT2D eigenvalue weighted by Gasteiger charge is 2.25. The van der Waals surface area contributed by atoms with Gasteiger partial charge in [-0.1, -0.05) is 29.8 Å². The number of rotatable bonds is 5. The van der Waals surface area contributed by atoms with Crippen LogP contribution in [0.25, 0.3) is 0 Å². The summed E-state index contributed by atoms with van der Waals surface area (Å²) in [7, 11) is 0. The van der Waals surface area contributed by atoms with E-state index < -0.39 is 5.92 Å². The summed E-state index contributed by atoms with van der Waals surface area (Å²) >= 11 is 7.46. The van der Waals surface area contributed by atoms with Gasteiger partial charge >= 0.3 is 0 Å². The fourth-order valence-electron chi connectivity index (χ4n) is 2.28. The van der Waals surface area contributed by atoms with E-state index in [1.807, 2.05) is 42.6 Å². The first-order valence-electron chi connectivity index (χ1n) is 7.20. The molecule has 1 aromatic carbocycles. The monoisotopic (exact) mass is 356 g/mol. The lowest BCUT2D eigenvalue weighted by Crippen LogP contribution is -2.10. The molecule has 0 saturated carbocycles. The van der Waals surface area contributed by atoms with Gasteiger partial charge in [0.25, 0.3) is 0 Å². The molecule has 24 heavy (non-hydrogen) atoms. The third kappa shape index (κ3) is 3.37. The molecule has 0 amide bonds. The molecule has 0 aliphatic rings. The molecule has 120 valence electrons. The first-order chi connectivity index (χ1) is 11.6. The first kappa shape index (κ1) is 16.4. The van der Waals surface area contributed by atoms with E-state index in [1.165, 1.54) is 17.5 Å². The molecule has 3 rings (SSSR count). The van der Waals surface area contributed by atoms with Crippen molar-refractivity contribution in [2.75, 3.05) is 0 Å². The van der Waals surface area contributed by atoms with Crippen LogP contribution in [-0.4, -0.2) is 20.5 Å². The van der Waals surface area contributed by atoms with Crippen LogP contribution in [-0.2, 0) is 6.54 Å².